The monoisotopic (exact) mass is 322 g/mol. The Morgan fingerprint density at radius 2 is 2.09 bits per heavy atom. The number of ketones is 1. The summed E-state index contributed by atoms with van der Waals surface area (Å²) in [6, 6.07) is 0. The van der Waals surface area contributed by atoms with Crippen molar-refractivity contribution in [3.05, 3.63) is 26.4 Å². The molecule has 0 unspecified atom stereocenters. The largest absolute Gasteiger partial charge is 0.384 e. The number of H-pyrrole nitrogens is 1. The van der Waals surface area contributed by atoms with Crippen LogP contribution in [-0.2, 0) is 6.54 Å². The molecule has 1 saturated heterocycles. The maximum atomic E-state index is 12.6. The number of likely N-dealkylation sites (tertiary alicyclic amines) is 1. The minimum Gasteiger partial charge on any atom is -0.384 e. The zero-order chi connectivity index (χ0) is 17.0. The number of Topliss-reactive ketones (excluding diaryl/α,β-unsaturated/α-hetero) is 1. The predicted octanol–water partition coefficient (Wildman–Crippen LogP) is 0.834. The fourth-order valence-corrected chi connectivity index (χ4v) is 3.21. The molecule has 0 amide bonds. The van der Waals surface area contributed by atoms with Crippen molar-refractivity contribution in [2.45, 2.75) is 46.1 Å². The van der Waals surface area contributed by atoms with Crippen molar-refractivity contribution in [2.75, 3.05) is 25.4 Å². The molecule has 0 bridgehead atoms. The van der Waals surface area contributed by atoms with Gasteiger partial charge in [0.2, 0.25) is 0 Å². The van der Waals surface area contributed by atoms with Crippen LogP contribution in [0.3, 0.4) is 0 Å². The van der Waals surface area contributed by atoms with Gasteiger partial charge in [0.15, 0.2) is 5.78 Å². The molecule has 1 aromatic heterocycles. The zero-order valence-corrected chi connectivity index (χ0v) is 13.9. The molecule has 1 atom stereocenters. The molecule has 1 aliphatic heterocycles. The molecule has 0 aromatic carbocycles. The van der Waals surface area contributed by atoms with Crippen molar-refractivity contribution < 1.29 is 4.79 Å². The Morgan fingerprint density at radius 3 is 2.74 bits per heavy atom. The summed E-state index contributed by atoms with van der Waals surface area (Å²) in [6.07, 6.45) is 4.03. The summed E-state index contributed by atoms with van der Waals surface area (Å²) in [5.74, 6) is 0.265. The molecule has 128 valence electrons. The van der Waals surface area contributed by atoms with Crippen molar-refractivity contribution in [2.24, 2.45) is 5.92 Å². The van der Waals surface area contributed by atoms with Crippen molar-refractivity contribution in [1.29, 1.82) is 0 Å². The second-order valence-electron chi connectivity index (χ2n) is 6.25. The van der Waals surface area contributed by atoms with Crippen LogP contribution in [-0.4, -0.2) is 39.9 Å². The summed E-state index contributed by atoms with van der Waals surface area (Å²) >= 11 is 0. The number of rotatable bonds is 6. The average molecular weight is 322 g/mol. The van der Waals surface area contributed by atoms with E-state index >= 15 is 0 Å². The Hall–Kier alpha value is -1.89. The molecule has 0 spiro atoms. The highest BCUT2D eigenvalue weighted by Crippen LogP contribution is 2.19. The highest BCUT2D eigenvalue weighted by molar-refractivity contribution is 6.01. The van der Waals surface area contributed by atoms with Crippen LogP contribution in [0.25, 0.3) is 0 Å². The van der Waals surface area contributed by atoms with Crippen LogP contribution in [0.4, 0.5) is 5.82 Å². The van der Waals surface area contributed by atoms with Crippen molar-refractivity contribution in [3.8, 4) is 0 Å². The summed E-state index contributed by atoms with van der Waals surface area (Å²) in [7, 11) is 0. The lowest BCUT2D eigenvalue weighted by molar-refractivity contribution is 0.0883. The molecule has 2 heterocycles. The summed E-state index contributed by atoms with van der Waals surface area (Å²) in [5, 5.41) is 0. The number of aromatic nitrogens is 2. The smallest absolute Gasteiger partial charge is 0.329 e. The Bertz CT molecular complexity index is 677. The number of nitrogens with zero attached hydrogens (tertiary/aromatic N) is 2. The average Bonchev–Trinajstić information content (AvgIpc) is 2.51. The number of nitrogen functional groups attached to an aromatic ring is 1. The molecule has 23 heavy (non-hydrogen) atoms. The fraction of sp³-hybridized carbons (Fsp3) is 0.688. The molecule has 1 aromatic rings. The molecule has 3 N–H and O–H groups in total. The molecule has 0 radical (unpaired) electrons. The highest BCUT2D eigenvalue weighted by atomic mass is 16.2. The standard InChI is InChI=1S/C16H26N4O3/c1-3-7-20-14(17)13(15(22)18-16(20)23)12(21)10-19-8-5-6-11(4-2)9-19/h11H,3-10,17H2,1-2H3,(H,18,22,23)/t11-/m1/s1. The second-order valence-corrected chi connectivity index (χ2v) is 6.25. The molecule has 1 fully saturated rings. The first-order valence-corrected chi connectivity index (χ1v) is 8.36. The topological polar surface area (TPSA) is 101 Å². The molecule has 7 heteroatoms. The van der Waals surface area contributed by atoms with Gasteiger partial charge in [-0.05, 0) is 31.7 Å². The van der Waals surface area contributed by atoms with E-state index in [1.165, 1.54) is 11.0 Å². The summed E-state index contributed by atoms with van der Waals surface area (Å²) in [4.78, 5) is 40.7. The van der Waals surface area contributed by atoms with Crippen molar-refractivity contribution in [1.82, 2.24) is 14.5 Å². The van der Waals surface area contributed by atoms with Gasteiger partial charge in [0.05, 0.1) is 6.54 Å². The first kappa shape index (κ1) is 17.5. The van der Waals surface area contributed by atoms with Crippen LogP contribution < -0.4 is 17.0 Å². The lowest BCUT2D eigenvalue weighted by Gasteiger charge is -2.31. The van der Waals surface area contributed by atoms with Crippen LogP contribution in [0.5, 0.6) is 0 Å². The Balaban J connectivity index is 2.24. The molecule has 0 aliphatic carbocycles. The van der Waals surface area contributed by atoms with Gasteiger partial charge in [0, 0.05) is 13.1 Å². The van der Waals surface area contributed by atoms with Gasteiger partial charge in [-0.15, -0.1) is 0 Å². The van der Waals surface area contributed by atoms with Gasteiger partial charge < -0.3 is 5.73 Å². The SMILES string of the molecule is CCCn1c(N)c(C(=O)CN2CCC[C@@H](CC)C2)c(=O)[nH]c1=O. The van der Waals surface area contributed by atoms with E-state index in [1.807, 2.05) is 6.92 Å². The van der Waals surface area contributed by atoms with Crippen LogP contribution in [0.2, 0.25) is 0 Å². The fourth-order valence-electron chi connectivity index (χ4n) is 3.21. The van der Waals surface area contributed by atoms with Gasteiger partial charge in [0.25, 0.3) is 5.56 Å². The lowest BCUT2D eigenvalue weighted by atomic mass is 9.95. The summed E-state index contributed by atoms with van der Waals surface area (Å²) in [5.41, 5.74) is 4.60. The van der Waals surface area contributed by atoms with Gasteiger partial charge in [0.1, 0.15) is 11.4 Å². The van der Waals surface area contributed by atoms with Crippen LogP contribution in [0, 0.1) is 5.92 Å². The lowest BCUT2D eigenvalue weighted by Crippen LogP contribution is -2.42. The van der Waals surface area contributed by atoms with E-state index in [4.69, 9.17) is 5.73 Å². The van der Waals surface area contributed by atoms with Crippen LogP contribution in [0.15, 0.2) is 9.59 Å². The molecule has 2 rings (SSSR count). The molecule has 7 nitrogen and oxygen atoms in total. The predicted molar refractivity (Wildman–Crippen MR) is 89.8 cm³/mol. The normalized spacial score (nSPS) is 19.0. The number of piperidine rings is 1. The van der Waals surface area contributed by atoms with E-state index in [0.717, 1.165) is 25.9 Å². The van der Waals surface area contributed by atoms with Gasteiger partial charge in [-0.2, -0.15) is 0 Å². The molecular weight excluding hydrogens is 296 g/mol. The van der Waals surface area contributed by atoms with E-state index in [2.05, 4.69) is 16.8 Å². The highest BCUT2D eigenvalue weighted by Gasteiger charge is 2.24. The summed E-state index contributed by atoms with van der Waals surface area (Å²) in [6.45, 7) is 6.33. The van der Waals surface area contributed by atoms with Crippen LogP contribution in [0.1, 0.15) is 49.9 Å². The van der Waals surface area contributed by atoms with Gasteiger partial charge in [-0.25, -0.2) is 4.79 Å². The third-order valence-corrected chi connectivity index (χ3v) is 4.51. The number of nitrogens with two attached hydrogens (primary N) is 1. The minimum absolute atomic E-state index is 0.0188. The molecule has 1 aliphatic rings. The second kappa shape index (κ2) is 7.59. The van der Waals surface area contributed by atoms with Crippen LogP contribution >= 0.6 is 0 Å². The van der Waals surface area contributed by atoms with E-state index in [1.54, 1.807) is 0 Å². The van der Waals surface area contributed by atoms with E-state index in [0.29, 0.717) is 18.9 Å². The third-order valence-electron chi connectivity index (χ3n) is 4.51. The van der Waals surface area contributed by atoms with E-state index < -0.39 is 11.2 Å². The molecule has 0 saturated carbocycles. The number of carbonyl (C=O) groups is 1. The number of carbonyl (C=O) groups excluding carboxylic acids is 1. The molecular formula is C16H26N4O3. The van der Waals surface area contributed by atoms with Crippen molar-refractivity contribution >= 4 is 11.6 Å². The maximum Gasteiger partial charge on any atom is 0.329 e. The minimum atomic E-state index is -0.686. The van der Waals surface area contributed by atoms with E-state index in [9.17, 15) is 14.4 Å². The van der Waals surface area contributed by atoms with Gasteiger partial charge in [-0.1, -0.05) is 20.3 Å². The number of anilines is 1. The zero-order valence-electron chi connectivity index (χ0n) is 13.9. The number of hydrogen-bond donors (Lipinski definition) is 2. The van der Waals surface area contributed by atoms with Gasteiger partial charge >= 0.3 is 5.69 Å². The third kappa shape index (κ3) is 3.90. The first-order valence-electron chi connectivity index (χ1n) is 8.36. The maximum absolute atomic E-state index is 12.6. The Labute approximate surface area is 135 Å². The Kier molecular flexibility index (Phi) is 5.76. The van der Waals surface area contributed by atoms with Crippen molar-refractivity contribution in [3.63, 3.8) is 0 Å². The number of aromatic amines is 1. The van der Waals surface area contributed by atoms with E-state index in [-0.39, 0.29) is 23.7 Å². The van der Waals surface area contributed by atoms with Gasteiger partial charge in [-0.3, -0.25) is 24.0 Å². The quantitative estimate of drug-likeness (QED) is 0.756. The Morgan fingerprint density at radius 1 is 1.35 bits per heavy atom. The number of nitrogens with one attached hydrogen (secondary N) is 1. The summed E-state index contributed by atoms with van der Waals surface area (Å²) < 4.78 is 1.26. The number of hydrogen-bond acceptors (Lipinski definition) is 5. The first-order chi connectivity index (χ1) is 11.0.